The van der Waals surface area contributed by atoms with Gasteiger partial charge in [0.15, 0.2) is 18.1 Å². The van der Waals surface area contributed by atoms with E-state index in [0.29, 0.717) is 10.1 Å². The van der Waals surface area contributed by atoms with Crippen LogP contribution in [-0.4, -0.2) is 18.1 Å². The normalized spacial score (nSPS) is 14.3. The van der Waals surface area contributed by atoms with Crippen molar-refractivity contribution in [2.45, 2.75) is 64.7 Å². The highest BCUT2D eigenvalue weighted by Crippen LogP contribution is 2.33. The van der Waals surface area contributed by atoms with Crippen LogP contribution in [0.25, 0.3) is 0 Å². The molecule has 0 saturated heterocycles. The maximum atomic E-state index is 6.18. The van der Waals surface area contributed by atoms with Crippen LogP contribution < -0.4 is 0 Å². The third kappa shape index (κ3) is 4.98. The van der Waals surface area contributed by atoms with E-state index >= 15 is 0 Å². The molecule has 0 aromatic carbocycles. The van der Waals surface area contributed by atoms with E-state index < -0.39 is 18.1 Å². The van der Waals surface area contributed by atoms with E-state index in [4.69, 9.17) is 4.12 Å². The quantitative estimate of drug-likeness (QED) is 0.637. The van der Waals surface area contributed by atoms with Crippen molar-refractivity contribution in [1.82, 2.24) is 0 Å². The Kier molecular flexibility index (Phi) is 4.41. The highest BCUT2D eigenvalue weighted by atomic mass is 28.4. The Balaban J connectivity index is 4.15. The van der Waals surface area contributed by atoms with Crippen LogP contribution in [0.3, 0.4) is 0 Å². The Hall–Kier alpha value is 0.394. The number of hydrogen-bond donors (Lipinski definition) is 0. The Morgan fingerprint density at radius 2 is 0.923 bits per heavy atom. The summed E-state index contributed by atoms with van der Waals surface area (Å²) in [6.07, 6.45) is 0. The maximum absolute atomic E-state index is 6.18. The molecular formula is C10H24OSi2. The van der Waals surface area contributed by atoms with Crippen LogP contribution >= 0.6 is 0 Å². The lowest BCUT2D eigenvalue weighted by molar-refractivity contribution is 0.495. The van der Waals surface area contributed by atoms with Crippen LogP contribution in [0, 0.1) is 0 Å². The maximum Gasteiger partial charge on any atom is 0.200 e. The third-order valence-corrected chi connectivity index (χ3v) is 9.09. The van der Waals surface area contributed by atoms with Gasteiger partial charge in [-0.05, 0) is 23.2 Å². The summed E-state index contributed by atoms with van der Waals surface area (Å²) in [5, 5.41) is 0.726. The van der Waals surface area contributed by atoms with Gasteiger partial charge in [0.05, 0.1) is 0 Å². The molecule has 0 aromatic rings. The summed E-state index contributed by atoms with van der Waals surface area (Å²) in [6.45, 7) is 18.2. The molecule has 0 aliphatic carbocycles. The van der Waals surface area contributed by atoms with Gasteiger partial charge in [0.25, 0.3) is 0 Å². The molecule has 0 rings (SSSR count). The SMILES string of the molecule is C[Si](O[Si](C)C(C)(C)C)C(C)(C)C. The monoisotopic (exact) mass is 216 g/mol. The zero-order valence-electron chi connectivity index (χ0n) is 10.4. The van der Waals surface area contributed by atoms with Crippen molar-refractivity contribution in [2.75, 3.05) is 0 Å². The summed E-state index contributed by atoms with van der Waals surface area (Å²) in [5.74, 6) is 0. The second-order valence-corrected chi connectivity index (χ2v) is 11.8. The van der Waals surface area contributed by atoms with Crippen LogP contribution in [-0.2, 0) is 4.12 Å². The largest absolute Gasteiger partial charge is 0.455 e. The molecule has 0 heterocycles. The average Bonchev–Trinajstić information content (AvgIpc) is 1.82. The van der Waals surface area contributed by atoms with E-state index in [0.717, 1.165) is 0 Å². The van der Waals surface area contributed by atoms with Crippen molar-refractivity contribution in [1.29, 1.82) is 0 Å². The minimum Gasteiger partial charge on any atom is -0.455 e. The molecule has 0 N–H and O–H groups in total. The molecule has 2 radical (unpaired) electrons. The summed E-state index contributed by atoms with van der Waals surface area (Å²) in [5.41, 5.74) is 0. The molecule has 3 heteroatoms. The van der Waals surface area contributed by atoms with Crippen LogP contribution in [0.2, 0.25) is 23.2 Å². The van der Waals surface area contributed by atoms with Gasteiger partial charge in [-0.15, -0.1) is 0 Å². The van der Waals surface area contributed by atoms with Crippen molar-refractivity contribution < 1.29 is 4.12 Å². The Morgan fingerprint density at radius 3 is 1.08 bits per heavy atom. The summed E-state index contributed by atoms with van der Waals surface area (Å²) in [7, 11) is -1.28. The van der Waals surface area contributed by atoms with E-state index in [1.807, 2.05) is 0 Å². The Bertz CT molecular complexity index is 137. The Labute approximate surface area is 87.3 Å². The van der Waals surface area contributed by atoms with Gasteiger partial charge in [0.2, 0.25) is 0 Å². The molecule has 0 amide bonds. The van der Waals surface area contributed by atoms with Gasteiger partial charge in [-0.25, -0.2) is 0 Å². The summed E-state index contributed by atoms with van der Waals surface area (Å²) in [4.78, 5) is 0. The van der Waals surface area contributed by atoms with E-state index in [9.17, 15) is 0 Å². The molecule has 0 saturated carbocycles. The van der Waals surface area contributed by atoms with Crippen LogP contribution in [0.1, 0.15) is 41.5 Å². The fraction of sp³-hybridized carbons (Fsp3) is 1.00. The highest BCUT2D eigenvalue weighted by Gasteiger charge is 2.31. The second kappa shape index (κ2) is 4.28. The van der Waals surface area contributed by atoms with Crippen LogP contribution in [0.4, 0.5) is 0 Å². The molecule has 0 atom stereocenters. The van der Waals surface area contributed by atoms with E-state index in [1.54, 1.807) is 0 Å². The topological polar surface area (TPSA) is 9.23 Å². The minimum absolute atomic E-state index is 0.363. The summed E-state index contributed by atoms with van der Waals surface area (Å²) in [6, 6.07) is 0. The van der Waals surface area contributed by atoms with Gasteiger partial charge in [0.1, 0.15) is 0 Å². The van der Waals surface area contributed by atoms with Crippen molar-refractivity contribution in [3.63, 3.8) is 0 Å². The van der Waals surface area contributed by atoms with E-state index in [1.165, 1.54) is 0 Å². The van der Waals surface area contributed by atoms with E-state index in [-0.39, 0.29) is 0 Å². The first kappa shape index (κ1) is 13.4. The predicted octanol–water partition coefficient (Wildman–Crippen LogP) is 3.85. The first-order valence-corrected chi connectivity index (χ1v) is 8.72. The van der Waals surface area contributed by atoms with Gasteiger partial charge in [-0.1, -0.05) is 41.5 Å². The van der Waals surface area contributed by atoms with Gasteiger partial charge in [-0.3, -0.25) is 0 Å². The first-order chi connectivity index (χ1) is 5.55. The summed E-state index contributed by atoms with van der Waals surface area (Å²) < 4.78 is 6.18. The zero-order chi connectivity index (χ0) is 10.9. The number of rotatable bonds is 2. The third-order valence-electron chi connectivity index (χ3n) is 2.42. The first-order valence-electron chi connectivity index (χ1n) is 4.91. The molecular weight excluding hydrogens is 192 g/mol. The van der Waals surface area contributed by atoms with Crippen LogP contribution in [0.15, 0.2) is 0 Å². The Morgan fingerprint density at radius 1 is 0.692 bits per heavy atom. The van der Waals surface area contributed by atoms with Gasteiger partial charge in [0, 0.05) is 0 Å². The zero-order valence-corrected chi connectivity index (χ0v) is 12.4. The van der Waals surface area contributed by atoms with E-state index in [2.05, 4.69) is 54.6 Å². The van der Waals surface area contributed by atoms with Gasteiger partial charge >= 0.3 is 0 Å². The van der Waals surface area contributed by atoms with Crippen molar-refractivity contribution in [2.24, 2.45) is 0 Å². The van der Waals surface area contributed by atoms with Gasteiger partial charge < -0.3 is 4.12 Å². The fourth-order valence-electron chi connectivity index (χ4n) is 0.536. The lowest BCUT2D eigenvalue weighted by Crippen LogP contribution is -2.36. The van der Waals surface area contributed by atoms with Gasteiger partial charge in [-0.2, -0.15) is 0 Å². The molecule has 0 aliphatic heterocycles. The molecule has 0 unspecified atom stereocenters. The van der Waals surface area contributed by atoms with Crippen molar-refractivity contribution in [3.05, 3.63) is 0 Å². The molecule has 0 fully saturated rings. The molecule has 0 bridgehead atoms. The molecule has 0 aromatic heterocycles. The fourth-order valence-corrected chi connectivity index (χ4v) is 4.82. The van der Waals surface area contributed by atoms with Crippen LogP contribution in [0.5, 0.6) is 0 Å². The molecule has 13 heavy (non-hydrogen) atoms. The second-order valence-electron chi connectivity index (χ2n) is 5.71. The molecule has 1 nitrogen and oxygen atoms in total. The standard InChI is InChI=1S/C10H24OSi2/c1-9(2,3)12(7)11-13(8)10(4,5)6/h1-8H3. The van der Waals surface area contributed by atoms with Crippen molar-refractivity contribution >= 4 is 18.1 Å². The summed E-state index contributed by atoms with van der Waals surface area (Å²) >= 11 is 0. The molecule has 0 spiro atoms. The average molecular weight is 216 g/mol. The molecule has 78 valence electrons. The smallest absolute Gasteiger partial charge is 0.200 e. The molecule has 0 aliphatic rings. The van der Waals surface area contributed by atoms with Crippen molar-refractivity contribution in [3.8, 4) is 0 Å². The lowest BCUT2D eigenvalue weighted by atomic mass is 10.3. The predicted molar refractivity (Wildman–Crippen MR) is 63.8 cm³/mol. The lowest BCUT2D eigenvalue weighted by Gasteiger charge is -2.32. The minimum atomic E-state index is -0.641. The highest BCUT2D eigenvalue weighted by molar-refractivity contribution is 6.67. The number of hydrogen-bond acceptors (Lipinski definition) is 1.